The van der Waals surface area contributed by atoms with E-state index >= 15 is 0 Å². The quantitative estimate of drug-likeness (QED) is 0.898. The number of anilines is 1. The number of hydrogen-bond donors (Lipinski definition) is 1. The molecule has 1 aromatic rings. The molecule has 2 aliphatic heterocycles. The molecule has 0 aromatic carbocycles. The van der Waals surface area contributed by atoms with E-state index < -0.39 is 0 Å². The van der Waals surface area contributed by atoms with Crippen LogP contribution in [0.5, 0.6) is 0 Å². The van der Waals surface area contributed by atoms with Gasteiger partial charge in [0.15, 0.2) is 0 Å². The SMILES string of the molecule is CCC1C2CNCC2CN1c1ccc(C(C)(C)C)cn1. The van der Waals surface area contributed by atoms with Gasteiger partial charge in [0.25, 0.3) is 0 Å². The van der Waals surface area contributed by atoms with Crippen LogP contribution >= 0.6 is 0 Å². The van der Waals surface area contributed by atoms with Crippen molar-refractivity contribution in [1.82, 2.24) is 10.3 Å². The highest BCUT2D eigenvalue weighted by Crippen LogP contribution is 2.37. The average Bonchev–Trinajstić information content (AvgIpc) is 2.97. The van der Waals surface area contributed by atoms with Crippen molar-refractivity contribution < 1.29 is 0 Å². The summed E-state index contributed by atoms with van der Waals surface area (Å²) in [6.45, 7) is 12.6. The monoisotopic (exact) mass is 273 g/mol. The van der Waals surface area contributed by atoms with E-state index in [4.69, 9.17) is 4.98 Å². The summed E-state index contributed by atoms with van der Waals surface area (Å²) in [6, 6.07) is 5.13. The van der Waals surface area contributed by atoms with Crippen LogP contribution in [0.4, 0.5) is 5.82 Å². The maximum absolute atomic E-state index is 4.76. The van der Waals surface area contributed by atoms with Crippen molar-refractivity contribution in [3.05, 3.63) is 23.9 Å². The molecule has 2 aliphatic rings. The number of nitrogens with zero attached hydrogens (tertiary/aromatic N) is 2. The molecule has 1 N–H and O–H groups in total. The highest BCUT2D eigenvalue weighted by molar-refractivity contribution is 5.44. The summed E-state index contributed by atoms with van der Waals surface area (Å²) in [5.74, 6) is 2.78. The summed E-state index contributed by atoms with van der Waals surface area (Å²) in [5.41, 5.74) is 1.50. The predicted molar refractivity (Wildman–Crippen MR) is 84.2 cm³/mol. The predicted octanol–water partition coefficient (Wildman–Crippen LogP) is 2.81. The van der Waals surface area contributed by atoms with Crippen LogP contribution in [0.2, 0.25) is 0 Å². The minimum atomic E-state index is 0.182. The van der Waals surface area contributed by atoms with Crippen molar-refractivity contribution in [1.29, 1.82) is 0 Å². The van der Waals surface area contributed by atoms with Crippen molar-refractivity contribution in [2.24, 2.45) is 11.8 Å². The molecule has 3 nitrogen and oxygen atoms in total. The molecule has 110 valence electrons. The lowest BCUT2D eigenvalue weighted by Crippen LogP contribution is -2.35. The standard InChI is InChI=1S/C17H27N3/c1-5-15-14-10-18-8-12(14)11-20(15)16-7-6-13(9-19-16)17(2,3)4/h6-7,9,12,14-15,18H,5,8,10-11H2,1-4H3. The molecule has 0 amide bonds. The Morgan fingerprint density at radius 2 is 2.10 bits per heavy atom. The zero-order chi connectivity index (χ0) is 14.3. The molecule has 20 heavy (non-hydrogen) atoms. The van der Waals surface area contributed by atoms with Gasteiger partial charge in [0.05, 0.1) is 0 Å². The summed E-state index contributed by atoms with van der Waals surface area (Å²) < 4.78 is 0. The fourth-order valence-electron chi connectivity index (χ4n) is 3.81. The topological polar surface area (TPSA) is 28.2 Å². The first kappa shape index (κ1) is 13.9. The van der Waals surface area contributed by atoms with E-state index in [0.29, 0.717) is 6.04 Å². The van der Waals surface area contributed by atoms with E-state index in [1.54, 1.807) is 0 Å². The highest BCUT2D eigenvalue weighted by atomic mass is 15.3. The van der Waals surface area contributed by atoms with Gasteiger partial charge in [-0.15, -0.1) is 0 Å². The molecule has 3 heterocycles. The fraction of sp³-hybridized carbons (Fsp3) is 0.706. The van der Waals surface area contributed by atoms with Crippen LogP contribution in [0.25, 0.3) is 0 Å². The Labute approximate surface area is 122 Å². The maximum atomic E-state index is 4.76. The van der Waals surface area contributed by atoms with Gasteiger partial charge in [0.1, 0.15) is 5.82 Å². The Balaban J connectivity index is 1.82. The van der Waals surface area contributed by atoms with Crippen LogP contribution in [0, 0.1) is 11.8 Å². The molecule has 0 radical (unpaired) electrons. The van der Waals surface area contributed by atoms with Gasteiger partial charge in [-0.2, -0.15) is 0 Å². The molecular formula is C17H27N3. The Morgan fingerprint density at radius 1 is 1.30 bits per heavy atom. The molecule has 0 spiro atoms. The Kier molecular flexibility index (Phi) is 3.49. The molecule has 0 aliphatic carbocycles. The van der Waals surface area contributed by atoms with Gasteiger partial charge in [-0.1, -0.05) is 33.8 Å². The van der Waals surface area contributed by atoms with Crippen molar-refractivity contribution in [2.45, 2.75) is 45.6 Å². The normalized spacial score (nSPS) is 29.8. The fourth-order valence-corrected chi connectivity index (χ4v) is 3.81. The lowest BCUT2D eigenvalue weighted by atomic mass is 9.88. The highest BCUT2D eigenvalue weighted by Gasteiger charge is 2.43. The van der Waals surface area contributed by atoms with Crippen molar-refractivity contribution >= 4 is 5.82 Å². The third kappa shape index (κ3) is 2.32. The second-order valence-electron chi connectivity index (χ2n) is 7.37. The van der Waals surface area contributed by atoms with Crippen LogP contribution in [0.3, 0.4) is 0 Å². The number of pyridine rings is 1. The molecule has 0 bridgehead atoms. The first-order valence-corrected chi connectivity index (χ1v) is 7.94. The number of rotatable bonds is 2. The number of aromatic nitrogens is 1. The van der Waals surface area contributed by atoms with Gasteiger partial charge in [0.2, 0.25) is 0 Å². The second kappa shape index (κ2) is 5.03. The van der Waals surface area contributed by atoms with E-state index in [9.17, 15) is 0 Å². The van der Waals surface area contributed by atoms with Gasteiger partial charge in [0, 0.05) is 31.9 Å². The molecule has 2 fully saturated rings. The van der Waals surface area contributed by atoms with Crippen molar-refractivity contribution in [3.63, 3.8) is 0 Å². The van der Waals surface area contributed by atoms with E-state index in [2.05, 4.69) is 56.2 Å². The lowest BCUT2D eigenvalue weighted by Gasteiger charge is -2.28. The van der Waals surface area contributed by atoms with E-state index in [-0.39, 0.29) is 5.41 Å². The van der Waals surface area contributed by atoms with Crippen LogP contribution in [-0.2, 0) is 5.41 Å². The second-order valence-corrected chi connectivity index (χ2v) is 7.37. The summed E-state index contributed by atoms with van der Waals surface area (Å²) in [7, 11) is 0. The van der Waals surface area contributed by atoms with Crippen LogP contribution < -0.4 is 10.2 Å². The van der Waals surface area contributed by atoms with E-state index in [0.717, 1.165) is 18.4 Å². The Morgan fingerprint density at radius 3 is 2.70 bits per heavy atom. The van der Waals surface area contributed by atoms with Gasteiger partial charge < -0.3 is 10.2 Å². The number of fused-ring (bicyclic) bond motifs is 1. The van der Waals surface area contributed by atoms with E-state index in [1.807, 2.05) is 0 Å². The first-order chi connectivity index (χ1) is 9.50. The Bertz CT molecular complexity index is 460. The molecule has 3 rings (SSSR count). The molecule has 3 heteroatoms. The van der Waals surface area contributed by atoms with E-state index in [1.165, 1.54) is 30.9 Å². The molecule has 2 saturated heterocycles. The van der Waals surface area contributed by atoms with Crippen LogP contribution in [-0.4, -0.2) is 30.7 Å². The third-order valence-corrected chi connectivity index (χ3v) is 5.04. The van der Waals surface area contributed by atoms with Gasteiger partial charge in [-0.3, -0.25) is 0 Å². The first-order valence-electron chi connectivity index (χ1n) is 7.94. The van der Waals surface area contributed by atoms with Gasteiger partial charge in [-0.25, -0.2) is 4.98 Å². The zero-order valence-electron chi connectivity index (χ0n) is 13.2. The Hall–Kier alpha value is -1.09. The van der Waals surface area contributed by atoms with Crippen molar-refractivity contribution in [2.75, 3.05) is 24.5 Å². The van der Waals surface area contributed by atoms with Crippen molar-refractivity contribution in [3.8, 4) is 0 Å². The third-order valence-electron chi connectivity index (χ3n) is 5.04. The molecule has 0 saturated carbocycles. The van der Waals surface area contributed by atoms with Gasteiger partial charge in [-0.05, 0) is 35.3 Å². The van der Waals surface area contributed by atoms with Gasteiger partial charge >= 0.3 is 0 Å². The average molecular weight is 273 g/mol. The minimum Gasteiger partial charge on any atom is -0.353 e. The van der Waals surface area contributed by atoms with Crippen LogP contribution in [0.15, 0.2) is 18.3 Å². The number of hydrogen-bond acceptors (Lipinski definition) is 3. The summed E-state index contributed by atoms with van der Waals surface area (Å²) >= 11 is 0. The van der Waals surface area contributed by atoms with Crippen LogP contribution in [0.1, 0.15) is 39.7 Å². The molecular weight excluding hydrogens is 246 g/mol. The maximum Gasteiger partial charge on any atom is 0.128 e. The molecule has 1 aromatic heterocycles. The lowest BCUT2D eigenvalue weighted by molar-refractivity contribution is 0.441. The molecule has 3 atom stereocenters. The minimum absolute atomic E-state index is 0.182. The molecule has 3 unspecified atom stereocenters. The summed E-state index contributed by atoms with van der Waals surface area (Å²) in [6.07, 6.45) is 3.28. The zero-order valence-corrected chi connectivity index (χ0v) is 13.2. The largest absolute Gasteiger partial charge is 0.353 e. The summed E-state index contributed by atoms with van der Waals surface area (Å²) in [4.78, 5) is 7.30. The summed E-state index contributed by atoms with van der Waals surface area (Å²) in [5, 5.41) is 3.54. The smallest absolute Gasteiger partial charge is 0.128 e. The number of nitrogens with one attached hydrogen (secondary N) is 1.